The van der Waals surface area contributed by atoms with E-state index in [1.54, 1.807) is 0 Å². The quantitative estimate of drug-likeness (QED) is 0.313. The molecule has 2 saturated heterocycles. The summed E-state index contributed by atoms with van der Waals surface area (Å²) in [6.45, 7) is -0.793. The van der Waals surface area contributed by atoms with Gasteiger partial charge < -0.3 is 44.8 Å². The van der Waals surface area contributed by atoms with Gasteiger partial charge in [-0.05, 0) is 0 Å². The van der Waals surface area contributed by atoms with Gasteiger partial charge in [0, 0.05) is 12.8 Å². The molecule has 0 radical (unpaired) electrons. The molecule has 0 aromatic rings. The Labute approximate surface area is 121 Å². The molecule has 2 fully saturated rings. The first kappa shape index (κ1) is 17.0. The number of ether oxygens (including phenoxy) is 3. The molecule has 2 heterocycles. The molecular formula is C12H22O9. The molecular weight excluding hydrogens is 288 g/mol. The first-order valence-corrected chi connectivity index (χ1v) is 6.86. The second kappa shape index (κ2) is 7.27. The van der Waals surface area contributed by atoms with E-state index in [1.165, 1.54) is 0 Å². The zero-order valence-corrected chi connectivity index (χ0v) is 11.4. The Hall–Kier alpha value is -0.360. The average molecular weight is 310 g/mol. The molecule has 9 heteroatoms. The van der Waals surface area contributed by atoms with Crippen LogP contribution in [0.2, 0.25) is 0 Å². The molecule has 0 aromatic heterocycles. The first-order valence-electron chi connectivity index (χ1n) is 6.86. The maximum Gasteiger partial charge on any atom is 0.186 e. The summed E-state index contributed by atoms with van der Waals surface area (Å²) < 4.78 is 15.8. The number of aliphatic hydroxyl groups excluding tert-OH is 6. The SMILES string of the molecule is OCC1CC(O)C(O)C(OC2CC(O)C(O)OC2CO)O1. The lowest BCUT2D eigenvalue weighted by atomic mass is 10.0. The summed E-state index contributed by atoms with van der Waals surface area (Å²) >= 11 is 0. The Kier molecular flexibility index (Phi) is 5.88. The van der Waals surface area contributed by atoms with Gasteiger partial charge in [-0.3, -0.25) is 0 Å². The van der Waals surface area contributed by atoms with Gasteiger partial charge >= 0.3 is 0 Å². The van der Waals surface area contributed by atoms with Crippen molar-refractivity contribution in [2.75, 3.05) is 13.2 Å². The Bertz CT molecular complexity index is 326. The summed E-state index contributed by atoms with van der Waals surface area (Å²) in [7, 11) is 0. The van der Waals surface area contributed by atoms with Crippen molar-refractivity contribution in [3.8, 4) is 0 Å². The second-order valence-electron chi connectivity index (χ2n) is 5.33. The van der Waals surface area contributed by atoms with E-state index in [4.69, 9.17) is 19.3 Å². The minimum absolute atomic E-state index is 0.0289. The van der Waals surface area contributed by atoms with Gasteiger partial charge in [0.1, 0.15) is 18.3 Å². The van der Waals surface area contributed by atoms with Crippen molar-refractivity contribution in [3.05, 3.63) is 0 Å². The molecule has 6 N–H and O–H groups in total. The highest BCUT2D eigenvalue weighted by Crippen LogP contribution is 2.27. The average Bonchev–Trinajstić information content (AvgIpc) is 2.47. The van der Waals surface area contributed by atoms with Crippen molar-refractivity contribution in [2.24, 2.45) is 0 Å². The van der Waals surface area contributed by atoms with Crippen molar-refractivity contribution in [2.45, 2.75) is 62.0 Å². The van der Waals surface area contributed by atoms with Gasteiger partial charge in [-0.2, -0.15) is 0 Å². The Balaban J connectivity index is 2.00. The van der Waals surface area contributed by atoms with Crippen LogP contribution in [0.1, 0.15) is 12.8 Å². The van der Waals surface area contributed by atoms with Gasteiger partial charge in [-0.1, -0.05) is 0 Å². The van der Waals surface area contributed by atoms with Crippen LogP contribution in [0.3, 0.4) is 0 Å². The minimum atomic E-state index is -1.42. The fourth-order valence-corrected chi connectivity index (χ4v) is 2.49. The highest BCUT2D eigenvalue weighted by atomic mass is 16.7. The predicted octanol–water partition coefficient (Wildman–Crippen LogP) is -3.34. The third-order valence-corrected chi connectivity index (χ3v) is 3.73. The molecule has 0 aromatic carbocycles. The summed E-state index contributed by atoms with van der Waals surface area (Å²) in [6.07, 6.45) is -8.65. The third kappa shape index (κ3) is 3.89. The van der Waals surface area contributed by atoms with E-state index < -0.39 is 55.8 Å². The summed E-state index contributed by atoms with van der Waals surface area (Å²) in [4.78, 5) is 0. The Morgan fingerprint density at radius 2 is 1.62 bits per heavy atom. The van der Waals surface area contributed by atoms with E-state index in [9.17, 15) is 25.5 Å². The van der Waals surface area contributed by atoms with Crippen LogP contribution in [0.25, 0.3) is 0 Å². The van der Waals surface area contributed by atoms with Gasteiger partial charge in [0.2, 0.25) is 0 Å². The summed E-state index contributed by atoms with van der Waals surface area (Å²) in [5.41, 5.74) is 0. The molecule has 124 valence electrons. The summed E-state index contributed by atoms with van der Waals surface area (Å²) in [5, 5.41) is 56.8. The molecule has 9 nitrogen and oxygen atoms in total. The van der Waals surface area contributed by atoms with Crippen LogP contribution < -0.4 is 0 Å². The standard InChI is InChI=1S/C12H22O9/c13-3-5-1-6(15)10(17)12(19-5)21-8-2-7(16)11(18)20-9(8)4-14/h5-18H,1-4H2. The van der Waals surface area contributed by atoms with Gasteiger partial charge in [0.25, 0.3) is 0 Å². The molecule has 2 aliphatic heterocycles. The smallest absolute Gasteiger partial charge is 0.186 e. The maximum absolute atomic E-state index is 9.86. The first-order chi connectivity index (χ1) is 9.96. The van der Waals surface area contributed by atoms with Crippen LogP contribution in [-0.2, 0) is 14.2 Å². The summed E-state index contributed by atoms with van der Waals surface area (Å²) in [6, 6.07) is 0. The molecule has 0 spiro atoms. The van der Waals surface area contributed by atoms with Crippen molar-refractivity contribution in [3.63, 3.8) is 0 Å². The van der Waals surface area contributed by atoms with Crippen molar-refractivity contribution >= 4 is 0 Å². The monoisotopic (exact) mass is 310 g/mol. The zero-order chi connectivity index (χ0) is 15.6. The molecule has 0 saturated carbocycles. The Morgan fingerprint density at radius 3 is 2.24 bits per heavy atom. The van der Waals surface area contributed by atoms with Crippen LogP contribution >= 0.6 is 0 Å². The van der Waals surface area contributed by atoms with Crippen LogP contribution in [0.5, 0.6) is 0 Å². The van der Waals surface area contributed by atoms with Gasteiger partial charge in [-0.15, -0.1) is 0 Å². The van der Waals surface area contributed by atoms with Gasteiger partial charge in [-0.25, -0.2) is 0 Å². The fraction of sp³-hybridized carbons (Fsp3) is 1.00. The number of aliphatic hydroxyl groups is 6. The molecule has 2 aliphatic rings. The van der Waals surface area contributed by atoms with E-state index in [2.05, 4.69) is 0 Å². The van der Waals surface area contributed by atoms with Crippen molar-refractivity contribution in [1.29, 1.82) is 0 Å². The highest BCUT2D eigenvalue weighted by molar-refractivity contribution is 4.86. The van der Waals surface area contributed by atoms with Crippen LogP contribution in [0, 0.1) is 0 Å². The molecule has 21 heavy (non-hydrogen) atoms. The van der Waals surface area contributed by atoms with E-state index in [-0.39, 0.29) is 19.4 Å². The van der Waals surface area contributed by atoms with Crippen LogP contribution in [0.15, 0.2) is 0 Å². The van der Waals surface area contributed by atoms with E-state index in [0.29, 0.717) is 0 Å². The zero-order valence-electron chi connectivity index (χ0n) is 11.4. The second-order valence-corrected chi connectivity index (χ2v) is 5.33. The largest absolute Gasteiger partial charge is 0.394 e. The predicted molar refractivity (Wildman–Crippen MR) is 65.8 cm³/mol. The third-order valence-electron chi connectivity index (χ3n) is 3.73. The molecule has 8 atom stereocenters. The normalized spacial score (nSPS) is 48.3. The van der Waals surface area contributed by atoms with Gasteiger partial charge in [0.15, 0.2) is 12.6 Å². The lowest BCUT2D eigenvalue weighted by molar-refractivity contribution is -0.323. The lowest BCUT2D eigenvalue weighted by Gasteiger charge is -2.42. The molecule has 0 aliphatic carbocycles. The molecule has 0 amide bonds. The number of rotatable bonds is 4. The topological polar surface area (TPSA) is 149 Å². The number of hydrogen-bond donors (Lipinski definition) is 6. The van der Waals surface area contributed by atoms with Crippen molar-refractivity contribution in [1.82, 2.24) is 0 Å². The minimum Gasteiger partial charge on any atom is -0.394 e. The van der Waals surface area contributed by atoms with Crippen LogP contribution in [0.4, 0.5) is 0 Å². The number of hydrogen-bond acceptors (Lipinski definition) is 9. The van der Waals surface area contributed by atoms with E-state index >= 15 is 0 Å². The summed E-state index contributed by atoms with van der Waals surface area (Å²) in [5.74, 6) is 0. The molecule has 8 unspecified atom stereocenters. The van der Waals surface area contributed by atoms with E-state index in [0.717, 1.165) is 0 Å². The van der Waals surface area contributed by atoms with Gasteiger partial charge in [0.05, 0.1) is 31.5 Å². The Morgan fingerprint density at radius 1 is 0.905 bits per heavy atom. The molecule has 0 bridgehead atoms. The maximum atomic E-state index is 9.86. The fourth-order valence-electron chi connectivity index (χ4n) is 2.49. The molecule has 2 rings (SSSR count). The van der Waals surface area contributed by atoms with Crippen LogP contribution in [-0.4, -0.2) is 93.1 Å². The van der Waals surface area contributed by atoms with Crippen molar-refractivity contribution < 1.29 is 44.8 Å². The van der Waals surface area contributed by atoms with E-state index in [1.807, 2.05) is 0 Å². The highest BCUT2D eigenvalue weighted by Gasteiger charge is 2.43. The lowest BCUT2D eigenvalue weighted by Crippen LogP contribution is -2.56.